The fraction of sp³-hybridized carbons (Fsp3) is 0.429. The van der Waals surface area contributed by atoms with E-state index in [0.717, 1.165) is 6.42 Å². The van der Waals surface area contributed by atoms with Crippen molar-refractivity contribution < 1.29 is 17.9 Å². The van der Waals surface area contributed by atoms with Crippen LogP contribution in [0.25, 0.3) is 0 Å². The second-order valence-corrected chi connectivity index (χ2v) is 9.97. The Morgan fingerprint density at radius 3 is 2.69 bits per heavy atom. The number of ether oxygens (including phenoxy) is 1. The van der Waals surface area contributed by atoms with Gasteiger partial charge in [-0.2, -0.15) is 0 Å². The number of hydrogen-bond acceptors (Lipinski definition) is 5. The van der Waals surface area contributed by atoms with Gasteiger partial charge in [0, 0.05) is 18.9 Å². The molecule has 29 heavy (non-hydrogen) atoms. The zero-order valence-corrected chi connectivity index (χ0v) is 18.0. The second kappa shape index (κ2) is 8.02. The minimum Gasteiger partial charge on any atom is -0.490 e. The van der Waals surface area contributed by atoms with Gasteiger partial charge in [0.05, 0.1) is 16.8 Å². The SMILES string of the molecule is CC(C)CCN1C(=O)C(C)(C)COc2ccc(NS(=O)(=O)c3cccnc3)cc21. The van der Waals surface area contributed by atoms with Crippen molar-refractivity contribution in [1.82, 2.24) is 4.98 Å². The molecule has 0 unspecified atom stereocenters. The molecule has 7 nitrogen and oxygen atoms in total. The van der Waals surface area contributed by atoms with Gasteiger partial charge in [0.25, 0.3) is 10.0 Å². The van der Waals surface area contributed by atoms with Crippen LogP contribution in [0.4, 0.5) is 11.4 Å². The van der Waals surface area contributed by atoms with E-state index < -0.39 is 15.4 Å². The Balaban J connectivity index is 1.97. The predicted octanol–water partition coefficient (Wildman–Crippen LogP) is 3.68. The first-order valence-electron chi connectivity index (χ1n) is 9.62. The van der Waals surface area contributed by atoms with E-state index >= 15 is 0 Å². The molecule has 0 saturated carbocycles. The normalized spacial score (nSPS) is 16.2. The van der Waals surface area contributed by atoms with Crippen LogP contribution >= 0.6 is 0 Å². The molecule has 0 fully saturated rings. The molecule has 0 saturated heterocycles. The van der Waals surface area contributed by atoms with Gasteiger partial charge in [-0.1, -0.05) is 13.8 Å². The maximum Gasteiger partial charge on any atom is 0.263 e. The molecule has 1 aromatic carbocycles. The van der Waals surface area contributed by atoms with E-state index in [-0.39, 0.29) is 17.4 Å². The fourth-order valence-electron chi connectivity index (χ4n) is 3.04. The van der Waals surface area contributed by atoms with Crippen molar-refractivity contribution in [2.24, 2.45) is 11.3 Å². The lowest BCUT2D eigenvalue weighted by molar-refractivity contribution is -0.127. The van der Waals surface area contributed by atoms with Gasteiger partial charge >= 0.3 is 0 Å². The Bertz CT molecular complexity index is 988. The van der Waals surface area contributed by atoms with Crippen LogP contribution < -0.4 is 14.4 Å². The van der Waals surface area contributed by atoms with E-state index in [1.807, 2.05) is 13.8 Å². The third kappa shape index (κ3) is 4.70. The Morgan fingerprint density at radius 2 is 2.03 bits per heavy atom. The smallest absolute Gasteiger partial charge is 0.263 e. The van der Waals surface area contributed by atoms with E-state index in [4.69, 9.17) is 4.74 Å². The number of aromatic nitrogens is 1. The molecular weight excluding hydrogens is 390 g/mol. The summed E-state index contributed by atoms with van der Waals surface area (Å²) < 4.78 is 33.7. The molecule has 8 heteroatoms. The number of pyridine rings is 1. The van der Waals surface area contributed by atoms with Crippen molar-refractivity contribution in [3.8, 4) is 5.75 Å². The number of hydrogen-bond donors (Lipinski definition) is 1. The Kier molecular flexibility index (Phi) is 5.84. The van der Waals surface area contributed by atoms with Crippen molar-refractivity contribution in [3.05, 3.63) is 42.7 Å². The number of rotatable bonds is 6. The molecule has 156 valence electrons. The van der Waals surface area contributed by atoms with E-state index in [0.29, 0.717) is 29.6 Å². The summed E-state index contributed by atoms with van der Waals surface area (Å²) in [6.45, 7) is 8.71. The molecule has 1 aliphatic heterocycles. The molecule has 0 bridgehead atoms. The molecule has 0 radical (unpaired) electrons. The molecular formula is C21H27N3O4S. The molecule has 0 atom stereocenters. The van der Waals surface area contributed by atoms with Gasteiger partial charge in [-0.05, 0) is 56.5 Å². The summed E-state index contributed by atoms with van der Waals surface area (Å²) in [7, 11) is -3.79. The summed E-state index contributed by atoms with van der Waals surface area (Å²) in [6, 6.07) is 8.03. The molecule has 2 aromatic rings. The third-order valence-corrected chi connectivity index (χ3v) is 6.16. The van der Waals surface area contributed by atoms with Gasteiger partial charge in [-0.25, -0.2) is 8.42 Å². The highest BCUT2D eigenvalue weighted by molar-refractivity contribution is 7.92. The third-order valence-electron chi connectivity index (χ3n) is 4.79. The van der Waals surface area contributed by atoms with Crippen molar-refractivity contribution in [1.29, 1.82) is 0 Å². The van der Waals surface area contributed by atoms with Crippen LogP contribution in [0.15, 0.2) is 47.6 Å². The van der Waals surface area contributed by atoms with Gasteiger partial charge < -0.3 is 9.64 Å². The summed E-state index contributed by atoms with van der Waals surface area (Å²) in [5.74, 6) is 0.951. The fourth-order valence-corrected chi connectivity index (χ4v) is 4.05. The van der Waals surface area contributed by atoms with Gasteiger partial charge in [0.1, 0.15) is 17.3 Å². The van der Waals surface area contributed by atoms with Crippen LogP contribution in [0.5, 0.6) is 5.75 Å². The Morgan fingerprint density at radius 1 is 1.28 bits per heavy atom. The average Bonchev–Trinajstić information content (AvgIpc) is 2.76. The summed E-state index contributed by atoms with van der Waals surface area (Å²) in [4.78, 5) is 18.8. The lowest BCUT2D eigenvalue weighted by Gasteiger charge is -2.28. The van der Waals surface area contributed by atoms with Crippen LogP contribution in [-0.4, -0.2) is 32.5 Å². The Hall–Kier alpha value is -2.61. The molecule has 1 aromatic heterocycles. The number of benzene rings is 1. The number of nitrogens with zero attached hydrogens (tertiary/aromatic N) is 2. The van der Waals surface area contributed by atoms with E-state index in [2.05, 4.69) is 23.6 Å². The number of amides is 1. The van der Waals surface area contributed by atoms with Crippen LogP contribution in [0.1, 0.15) is 34.1 Å². The highest BCUT2D eigenvalue weighted by atomic mass is 32.2. The van der Waals surface area contributed by atoms with Crippen LogP contribution in [0, 0.1) is 11.3 Å². The second-order valence-electron chi connectivity index (χ2n) is 8.29. The quantitative estimate of drug-likeness (QED) is 0.774. The Labute approximate surface area is 172 Å². The van der Waals surface area contributed by atoms with Gasteiger partial charge in [0.15, 0.2) is 0 Å². The first-order chi connectivity index (χ1) is 13.6. The number of anilines is 2. The minimum absolute atomic E-state index is 0.0378. The topological polar surface area (TPSA) is 88.6 Å². The monoisotopic (exact) mass is 417 g/mol. The van der Waals surface area contributed by atoms with E-state index in [9.17, 15) is 13.2 Å². The first-order valence-corrected chi connectivity index (χ1v) is 11.1. The number of carbonyl (C=O) groups excluding carboxylic acids is 1. The number of sulfonamides is 1. The van der Waals surface area contributed by atoms with E-state index in [1.54, 1.807) is 29.2 Å². The summed E-state index contributed by atoms with van der Waals surface area (Å²) in [6.07, 6.45) is 3.63. The molecule has 1 aliphatic rings. The maximum absolute atomic E-state index is 13.2. The summed E-state index contributed by atoms with van der Waals surface area (Å²) >= 11 is 0. The largest absolute Gasteiger partial charge is 0.490 e. The summed E-state index contributed by atoms with van der Waals surface area (Å²) in [5, 5.41) is 0. The van der Waals surface area contributed by atoms with Crippen molar-refractivity contribution in [3.63, 3.8) is 0 Å². The molecule has 2 heterocycles. The molecule has 1 amide bonds. The van der Waals surface area contributed by atoms with Gasteiger partial charge in [0.2, 0.25) is 5.91 Å². The van der Waals surface area contributed by atoms with E-state index in [1.165, 1.54) is 18.5 Å². The highest BCUT2D eigenvalue weighted by Gasteiger charge is 2.37. The number of nitrogens with one attached hydrogen (secondary N) is 1. The lowest BCUT2D eigenvalue weighted by atomic mass is 9.92. The molecule has 1 N–H and O–H groups in total. The maximum atomic E-state index is 13.2. The first kappa shape index (κ1) is 21.1. The molecule has 0 spiro atoms. The van der Waals surface area contributed by atoms with Crippen LogP contribution in [-0.2, 0) is 14.8 Å². The predicted molar refractivity (Wildman–Crippen MR) is 113 cm³/mol. The van der Waals surface area contributed by atoms with Crippen LogP contribution in [0.3, 0.4) is 0 Å². The molecule has 0 aliphatic carbocycles. The van der Waals surface area contributed by atoms with Gasteiger partial charge in [-0.3, -0.25) is 14.5 Å². The number of fused-ring (bicyclic) bond motifs is 1. The summed E-state index contributed by atoms with van der Waals surface area (Å²) in [5.41, 5.74) is 0.261. The standard InChI is InChI=1S/C21H27N3O4S/c1-15(2)9-11-24-18-12-16(23-29(26,27)17-6-5-10-22-13-17)7-8-19(18)28-14-21(3,4)20(24)25/h5-8,10,12-13,15,23H,9,11,14H2,1-4H3. The zero-order chi connectivity index (χ0) is 21.2. The number of carbonyl (C=O) groups is 1. The lowest BCUT2D eigenvalue weighted by Crippen LogP contribution is -2.42. The average molecular weight is 418 g/mol. The highest BCUT2D eigenvalue weighted by Crippen LogP contribution is 2.38. The van der Waals surface area contributed by atoms with Gasteiger partial charge in [-0.15, -0.1) is 0 Å². The zero-order valence-electron chi connectivity index (χ0n) is 17.2. The van der Waals surface area contributed by atoms with Crippen molar-refractivity contribution >= 4 is 27.3 Å². The van der Waals surface area contributed by atoms with Crippen molar-refractivity contribution in [2.75, 3.05) is 22.8 Å². The van der Waals surface area contributed by atoms with Crippen LogP contribution in [0.2, 0.25) is 0 Å². The minimum atomic E-state index is -3.79. The molecule has 3 rings (SSSR count). The van der Waals surface area contributed by atoms with Crippen molar-refractivity contribution in [2.45, 2.75) is 39.0 Å².